The molecule has 0 saturated carbocycles. The Morgan fingerprint density at radius 2 is 1.75 bits per heavy atom. The predicted octanol–water partition coefficient (Wildman–Crippen LogP) is 3.41. The van der Waals surface area contributed by atoms with Crippen LogP contribution >= 0.6 is 0 Å². The van der Waals surface area contributed by atoms with Gasteiger partial charge >= 0.3 is 6.18 Å². The van der Waals surface area contributed by atoms with E-state index in [1.54, 1.807) is 6.07 Å². The molecule has 0 fully saturated rings. The molecule has 0 aliphatic heterocycles. The minimum atomic E-state index is -4.59. The number of amides is 1. The van der Waals surface area contributed by atoms with Gasteiger partial charge in [-0.3, -0.25) is 9.35 Å². The van der Waals surface area contributed by atoms with E-state index in [-0.39, 0.29) is 11.4 Å². The maximum Gasteiger partial charge on any atom is 0.416 e. The van der Waals surface area contributed by atoms with E-state index in [2.05, 4.69) is 10.6 Å². The van der Waals surface area contributed by atoms with E-state index in [1.165, 1.54) is 18.2 Å². The van der Waals surface area contributed by atoms with Gasteiger partial charge in [-0.25, -0.2) is 0 Å². The average Bonchev–Trinajstić information content (AvgIpc) is 2.61. The lowest BCUT2D eigenvalue weighted by Gasteiger charge is -2.09. The summed E-state index contributed by atoms with van der Waals surface area (Å²) in [6, 6.07) is 10.4. The molecule has 0 aliphatic carbocycles. The van der Waals surface area contributed by atoms with Crippen molar-refractivity contribution in [1.82, 2.24) is 0 Å². The zero-order valence-corrected chi connectivity index (χ0v) is 14.7. The van der Waals surface area contributed by atoms with Crippen molar-refractivity contribution in [2.45, 2.75) is 11.1 Å². The minimum Gasteiger partial charge on any atom is -0.360 e. The van der Waals surface area contributed by atoms with Crippen molar-refractivity contribution in [2.24, 2.45) is 0 Å². The average molecular weight is 411 g/mol. The molecule has 2 aromatic carbocycles. The van der Waals surface area contributed by atoms with E-state index >= 15 is 0 Å². The third-order valence-corrected chi connectivity index (χ3v) is 4.18. The van der Waals surface area contributed by atoms with Crippen LogP contribution in [0.2, 0.25) is 0 Å². The van der Waals surface area contributed by atoms with Gasteiger partial charge in [-0.15, -0.1) is 0 Å². The summed E-state index contributed by atoms with van der Waals surface area (Å²) >= 11 is 0. The van der Waals surface area contributed by atoms with Crippen LogP contribution in [0.15, 0.2) is 65.2 Å². The lowest BCUT2D eigenvalue weighted by atomic mass is 10.2. The smallest absolute Gasteiger partial charge is 0.360 e. The molecule has 0 heterocycles. The monoisotopic (exact) mass is 411 g/mol. The van der Waals surface area contributed by atoms with Gasteiger partial charge in [0.15, 0.2) is 0 Å². The maximum absolute atomic E-state index is 12.7. The predicted molar refractivity (Wildman–Crippen MR) is 93.6 cm³/mol. The third-order valence-electron chi connectivity index (χ3n) is 3.33. The summed E-state index contributed by atoms with van der Waals surface area (Å²) in [5.41, 5.74) is -1.45. The van der Waals surface area contributed by atoms with Crippen LogP contribution in [0.25, 0.3) is 0 Å². The normalized spacial score (nSPS) is 12.2. The quantitative estimate of drug-likeness (QED) is 0.394. The number of benzene rings is 2. The summed E-state index contributed by atoms with van der Waals surface area (Å²) < 4.78 is 69.3. The molecular formula is C17H12F3N3O4S. The Hall–Kier alpha value is -3.36. The van der Waals surface area contributed by atoms with Crippen molar-refractivity contribution in [3.63, 3.8) is 0 Å². The number of nitrogens with one attached hydrogen (secondary N) is 2. The standard InChI is InChI=1S/C17H12F3N3O4S/c18-17(19,20)12-3-1-5-14(7-12)23-16(24)11(9-21)10-22-13-4-2-6-15(8-13)28(25,26)27/h1-8,10,22H,(H,23,24)(H,25,26,27)/b11-10-. The fraction of sp³-hybridized carbons (Fsp3) is 0.0588. The number of nitriles is 1. The zero-order valence-electron chi connectivity index (χ0n) is 13.9. The first-order valence-electron chi connectivity index (χ1n) is 7.43. The summed E-state index contributed by atoms with van der Waals surface area (Å²) in [7, 11) is -4.44. The Bertz CT molecular complexity index is 1070. The van der Waals surface area contributed by atoms with Crippen LogP contribution in [0.3, 0.4) is 0 Å². The first kappa shape index (κ1) is 20.9. The van der Waals surface area contributed by atoms with Crippen molar-refractivity contribution in [3.05, 3.63) is 65.9 Å². The summed E-state index contributed by atoms with van der Waals surface area (Å²) in [5, 5.41) is 13.8. The van der Waals surface area contributed by atoms with Gasteiger partial charge in [0, 0.05) is 17.6 Å². The molecule has 0 aromatic heterocycles. The fourth-order valence-electron chi connectivity index (χ4n) is 2.02. The first-order chi connectivity index (χ1) is 13.0. The molecule has 1 amide bonds. The molecule has 3 N–H and O–H groups in total. The number of hydrogen-bond acceptors (Lipinski definition) is 5. The third kappa shape index (κ3) is 5.57. The molecule has 146 valence electrons. The molecule has 0 spiro atoms. The highest BCUT2D eigenvalue weighted by Crippen LogP contribution is 2.30. The van der Waals surface area contributed by atoms with Crippen LogP contribution < -0.4 is 10.6 Å². The SMILES string of the molecule is N#C/C(=C/Nc1cccc(S(=O)(=O)O)c1)C(=O)Nc1cccc(C(F)(F)F)c1. The molecule has 11 heteroatoms. The summed E-state index contributed by atoms with van der Waals surface area (Å²) in [6.07, 6.45) is -3.64. The first-order valence-corrected chi connectivity index (χ1v) is 8.87. The van der Waals surface area contributed by atoms with Gasteiger partial charge in [0.05, 0.1) is 10.5 Å². The van der Waals surface area contributed by atoms with Crippen LogP contribution in [0.5, 0.6) is 0 Å². The number of halogens is 3. The van der Waals surface area contributed by atoms with Gasteiger partial charge in [-0.1, -0.05) is 12.1 Å². The molecular weight excluding hydrogens is 399 g/mol. The van der Waals surface area contributed by atoms with Gasteiger partial charge in [0.25, 0.3) is 16.0 Å². The lowest BCUT2D eigenvalue weighted by molar-refractivity contribution is -0.137. The highest BCUT2D eigenvalue weighted by molar-refractivity contribution is 7.85. The Labute approximate surface area is 157 Å². The number of carbonyl (C=O) groups excluding carboxylic acids is 1. The maximum atomic E-state index is 12.7. The van der Waals surface area contributed by atoms with E-state index in [4.69, 9.17) is 9.81 Å². The summed E-state index contributed by atoms with van der Waals surface area (Å²) in [5.74, 6) is -0.972. The molecule has 0 radical (unpaired) electrons. The van der Waals surface area contributed by atoms with Crippen molar-refractivity contribution in [2.75, 3.05) is 10.6 Å². The Kier molecular flexibility index (Phi) is 6.07. The van der Waals surface area contributed by atoms with Gasteiger partial charge < -0.3 is 10.6 Å². The van der Waals surface area contributed by atoms with E-state index in [0.29, 0.717) is 0 Å². The summed E-state index contributed by atoms with van der Waals surface area (Å²) in [6.45, 7) is 0. The van der Waals surface area contributed by atoms with Crippen LogP contribution in [0, 0.1) is 11.3 Å². The molecule has 2 rings (SSSR count). The van der Waals surface area contributed by atoms with Gasteiger partial charge in [-0.05, 0) is 36.4 Å². The molecule has 0 saturated heterocycles. The Morgan fingerprint density at radius 3 is 2.36 bits per heavy atom. The number of alkyl halides is 3. The minimum absolute atomic E-state index is 0.148. The largest absolute Gasteiger partial charge is 0.416 e. The van der Waals surface area contributed by atoms with Gasteiger partial charge in [0.2, 0.25) is 0 Å². The molecule has 0 unspecified atom stereocenters. The highest BCUT2D eigenvalue weighted by Gasteiger charge is 2.30. The van der Waals surface area contributed by atoms with Crippen molar-refractivity contribution in [1.29, 1.82) is 5.26 Å². The second-order valence-corrected chi connectivity index (χ2v) is 6.77. The number of nitrogens with zero attached hydrogens (tertiary/aromatic N) is 1. The van der Waals surface area contributed by atoms with E-state index in [0.717, 1.165) is 36.5 Å². The second-order valence-electron chi connectivity index (χ2n) is 5.35. The number of hydrogen-bond donors (Lipinski definition) is 3. The van der Waals surface area contributed by atoms with E-state index < -0.39 is 38.2 Å². The molecule has 0 aliphatic rings. The van der Waals surface area contributed by atoms with Gasteiger partial charge in [-0.2, -0.15) is 26.9 Å². The number of carbonyl (C=O) groups is 1. The lowest BCUT2D eigenvalue weighted by Crippen LogP contribution is -2.15. The van der Waals surface area contributed by atoms with E-state index in [9.17, 15) is 26.4 Å². The van der Waals surface area contributed by atoms with E-state index in [1.807, 2.05) is 0 Å². The van der Waals surface area contributed by atoms with Crippen LogP contribution in [-0.4, -0.2) is 18.9 Å². The summed E-state index contributed by atoms with van der Waals surface area (Å²) in [4.78, 5) is 11.7. The highest BCUT2D eigenvalue weighted by atomic mass is 32.2. The second kappa shape index (κ2) is 8.12. The van der Waals surface area contributed by atoms with Crippen molar-refractivity contribution < 1.29 is 30.9 Å². The molecule has 0 bridgehead atoms. The van der Waals surface area contributed by atoms with Gasteiger partial charge in [0.1, 0.15) is 11.6 Å². The molecule has 7 nitrogen and oxygen atoms in total. The topological polar surface area (TPSA) is 119 Å². The molecule has 2 aromatic rings. The van der Waals surface area contributed by atoms with Crippen LogP contribution in [-0.2, 0) is 21.1 Å². The molecule has 28 heavy (non-hydrogen) atoms. The van der Waals surface area contributed by atoms with Crippen LogP contribution in [0.1, 0.15) is 5.56 Å². The van der Waals surface area contributed by atoms with Crippen molar-refractivity contribution >= 4 is 27.4 Å². The number of rotatable bonds is 5. The van der Waals surface area contributed by atoms with Crippen molar-refractivity contribution in [3.8, 4) is 6.07 Å². The molecule has 0 atom stereocenters. The zero-order chi connectivity index (χ0) is 20.9. The Morgan fingerprint density at radius 1 is 1.11 bits per heavy atom. The Balaban J connectivity index is 2.17. The fourth-order valence-corrected chi connectivity index (χ4v) is 2.55. The van der Waals surface area contributed by atoms with Crippen LogP contribution in [0.4, 0.5) is 24.5 Å². The number of anilines is 2.